The molecule has 0 spiro atoms. The number of nitrogens with one attached hydrogen (secondary N) is 1. The molecular formula is C13H14N2O3. The van der Waals surface area contributed by atoms with Gasteiger partial charge < -0.3 is 9.52 Å². The molecule has 2 unspecified atom stereocenters. The second-order valence-electron chi connectivity index (χ2n) is 4.59. The first-order valence-electron chi connectivity index (χ1n) is 6.07. The second kappa shape index (κ2) is 4.42. The molecule has 1 aliphatic heterocycles. The van der Waals surface area contributed by atoms with Crippen molar-refractivity contribution >= 4 is 17.1 Å². The summed E-state index contributed by atoms with van der Waals surface area (Å²) in [4.78, 5) is 15.1. The molecule has 0 radical (unpaired) electrons. The molecule has 3 rings (SSSR count). The van der Waals surface area contributed by atoms with Crippen molar-refractivity contribution < 1.29 is 14.3 Å². The van der Waals surface area contributed by atoms with Crippen LogP contribution >= 0.6 is 0 Å². The molecule has 1 fully saturated rings. The number of fused-ring (bicyclic) bond motifs is 1. The van der Waals surface area contributed by atoms with Crippen molar-refractivity contribution in [2.45, 2.75) is 31.3 Å². The molecule has 0 saturated carbocycles. The largest absolute Gasteiger partial charge is 0.480 e. The van der Waals surface area contributed by atoms with Crippen molar-refractivity contribution in [3.8, 4) is 0 Å². The van der Waals surface area contributed by atoms with Gasteiger partial charge in [-0.3, -0.25) is 10.1 Å². The lowest BCUT2D eigenvalue weighted by Crippen LogP contribution is -2.42. The third-order valence-electron chi connectivity index (χ3n) is 3.34. The van der Waals surface area contributed by atoms with Crippen LogP contribution in [0.3, 0.4) is 0 Å². The zero-order chi connectivity index (χ0) is 12.5. The standard InChI is InChI=1S/C13H14N2O3/c16-13(17)10-5-1-4-9(15-10)11-7-8-3-2-6-14-12(8)18-11/h2-3,6-7,9-10,15H,1,4-5H2,(H,16,17). The first-order valence-corrected chi connectivity index (χ1v) is 6.07. The van der Waals surface area contributed by atoms with Crippen LogP contribution in [0, 0.1) is 0 Å². The topological polar surface area (TPSA) is 75.4 Å². The molecule has 5 heteroatoms. The Morgan fingerprint density at radius 2 is 2.39 bits per heavy atom. The fraction of sp³-hybridized carbons (Fsp3) is 0.385. The Balaban J connectivity index is 1.87. The van der Waals surface area contributed by atoms with E-state index in [2.05, 4.69) is 10.3 Å². The van der Waals surface area contributed by atoms with Gasteiger partial charge in [-0.15, -0.1) is 0 Å². The van der Waals surface area contributed by atoms with E-state index >= 15 is 0 Å². The summed E-state index contributed by atoms with van der Waals surface area (Å²) in [6.07, 6.45) is 4.14. The van der Waals surface area contributed by atoms with Crippen LogP contribution in [0.25, 0.3) is 11.1 Å². The number of aliphatic carboxylic acids is 1. The molecule has 2 aromatic rings. The van der Waals surface area contributed by atoms with Gasteiger partial charge in [0.2, 0.25) is 5.71 Å². The molecule has 3 heterocycles. The number of aromatic nitrogens is 1. The average Bonchev–Trinajstić information content (AvgIpc) is 2.82. The summed E-state index contributed by atoms with van der Waals surface area (Å²) >= 11 is 0. The third-order valence-corrected chi connectivity index (χ3v) is 3.34. The van der Waals surface area contributed by atoms with Crippen LogP contribution in [-0.4, -0.2) is 22.1 Å². The van der Waals surface area contributed by atoms with Gasteiger partial charge in [-0.05, 0) is 37.5 Å². The highest BCUT2D eigenvalue weighted by Gasteiger charge is 2.28. The van der Waals surface area contributed by atoms with E-state index in [0.717, 1.165) is 24.0 Å². The second-order valence-corrected chi connectivity index (χ2v) is 4.59. The Morgan fingerprint density at radius 1 is 1.50 bits per heavy atom. The quantitative estimate of drug-likeness (QED) is 0.848. The van der Waals surface area contributed by atoms with Crippen molar-refractivity contribution in [3.05, 3.63) is 30.2 Å². The molecule has 1 saturated heterocycles. The first-order chi connectivity index (χ1) is 8.74. The van der Waals surface area contributed by atoms with Gasteiger partial charge in [0.15, 0.2) is 0 Å². The number of nitrogens with zero attached hydrogens (tertiary/aromatic N) is 1. The van der Waals surface area contributed by atoms with Crippen LogP contribution in [0.4, 0.5) is 0 Å². The van der Waals surface area contributed by atoms with E-state index in [1.54, 1.807) is 6.20 Å². The Morgan fingerprint density at radius 3 is 3.17 bits per heavy atom. The van der Waals surface area contributed by atoms with Gasteiger partial charge in [-0.25, -0.2) is 4.98 Å². The van der Waals surface area contributed by atoms with E-state index in [1.165, 1.54) is 0 Å². The monoisotopic (exact) mass is 246 g/mol. The minimum Gasteiger partial charge on any atom is -0.480 e. The minimum atomic E-state index is -0.797. The highest BCUT2D eigenvalue weighted by Crippen LogP contribution is 2.29. The maximum atomic E-state index is 11.0. The summed E-state index contributed by atoms with van der Waals surface area (Å²) in [5.74, 6) is -0.0245. The SMILES string of the molecule is O=C(O)C1CCCC(c2cc3cccnc3o2)N1. The number of furan rings is 1. The molecule has 18 heavy (non-hydrogen) atoms. The number of rotatable bonds is 2. The Labute approximate surface area is 104 Å². The van der Waals surface area contributed by atoms with E-state index in [-0.39, 0.29) is 6.04 Å². The number of carboxylic acid groups (broad SMARTS) is 1. The molecule has 2 N–H and O–H groups in total. The molecule has 5 nitrogen and oxygen atoms in total. The summed E-state index contributed by atoms with van der Waals surface area (Å²) in [6, 6.07) is 5.21. The lowest BCUT2D eigenvalue weighted by Gasteiger charge is -2.26. The van der Waals surface area contributed by atoms with E-state index in [9.17, 15) is 4.79 Å². The number of carboxylic acids is 1. The maximum absolute atomic E-state index is 11.0. The smallest absolute Gasteiger partial charge is 0.320 e. The number of pyridine rings is 1. The predicted molar refractivity (Wildman–Crippen MR) is 65.2 cm³/mol. The van der Waals surface area contributed by atoms with E-state index in [1.807, 2.05) is 18.2 Å². The molecule has 0 aromatic carbocycles. The molecular weight excluding hydrogens is 232 g/mol. The van der Waals surface area contributed by atoms with Gasteiger partial charge in [0.25, 0.3) is 0 Å². The van der Waals surface area contributed by atoms with Gasteiger partial charge >= 0.3 is 5.97 Å². The number of piperidine rings is 1. The van der Waals surface area contributed by atoms with Crippen LogP contribution in [0.5, 0.6) is 0 Å². The van der Waals surface area contributed by atoms with Crippen LogP contribution in [0.2, 0.25) is 0 Å². The van der Waals surface area contributed by atoms with Crippen molar-refractivity contribution in [2.24, 2.45) is 0 Å². The van der Waals surface area contributed by atoms with Crippen molar-refractivity contribution in [1.29, 1.82) is 0 Å². The Bertz CT molecular complexity index is 545. The van der Waals surface area contributed by atoms with Crippen molar-refractivity contribution in [2.75, 3.05) is 0 Å². The molecule has 0 aliphatic carbocycles. The fourth-order valence-electron chi connectivity index (χ4n) is 2.42. The van der Waals surface area contributed by atoms with Gasteiger partial charge in [0.1, 0.15) is 11.8 Å². The lowest BCUT2D eigenvalue weighted by molar-refractivity contribution is -0.140. The van der Waals surface area contributed by atoms with Crippen LogP contribution in [0.1, 0.15) is 31.1 Å². The summed E-state index contributed by atoms with van der Waals surface area (Å²) in [7, 11) is 0. The van der Waals surface area contributed by atoms with Crippen molar-refractivity contribution in [1.82, 2.24) is 10.3 Å². The van der Waals surface area contributed by atoms with Gasteiger partial charge in [-0.2, -0.15) is 0 Å². The third kappa shape index (κ3) is 1.97. The summed E-state index contributed by atoms with van der Waals surface area (Å²) in [5.41, 5.74) is 0.603. The maximum Gasteiger partial charge on any atom is 0.320 e. The average molecular weight is 246 g/mol. The van der Waals surface area contributed by atoms with Crippen LogP contribution in [-0.2, 0) is 4.79 Å². The summed E-state index contributed by atoms with van der Waals surface area (Å²) in [5, 5.41) is 13.1. The number of hydrogen-bond donors (Lipinski definition) is 2. The van der Waals surface area contributed by atoms with E-state index in [4.69, 9.17) is 9.52 Å². The van der Waals surface area contributed by atoms with Crippen LogP contribution < -0.4 is 5.32 Å². The van der Waals surface area contributed by atoms with Gasteiger partial charge in [0, 0.05) is 11.6 Å². The number of hydrogen-bond acceptors (Lipinski definition) is 4. The highest BCUT2D eigenvalue weighted by molar-refractivity contribution is 5.75. The molecule has 94 valence electrons. The Kier molecular flexibility index (Phi) is 2.76. The minimum absolute atomic E-state index is 0.0333. The van der Waals surface area contributed by atoms with Crippen LogP contribution in [0.15, 0.2) is 28.8 Å². The zero-order valence-electron chi connectivity index (χ0n) is 9.80. The molecule has 0 bridgehead atoms. The zero-order valence-corrected chi connectivity index (χ0v) is 9.80. The van der Waals surface area contributed by atoms with Gasteiger partial charge in [-0.1, -0.05) is 0 Å². The Hall–Kier alpha value is -1.88. The molecule has 2 aromatic heterocycles. The molecule has 2 atom stereocenters. The summed E-state index contributed by atoms with van der Waals surface area (Å²) < 4.78 is 5.67. The summed E-state index contributed by atoms with van der Waals surface area (Å²) in [6.45, 7) is 0. The predicted octanol–water partition coefficient (Wildman–Crippen LogP) is 2.10. The highest BCUT2D eigenvalue weighted by atomic mass is 16.4. The fourth-order valence-corrected chi connectivity index (χ4v) is 2.42. The van der Waals surface area contributed by atoms with Crippen molar-refractivity contribution in [3.63, 3.8) is 0 Å². The lowest BCUT2D eigenvalue weighted by atomic mass is 9.97. The van der Waals surface area contributed by atoms with E-state index < -0.39 is 12.0 Å². The molecule has 0 amide bonds. The van der Waals surface area contributed by atoms with E-state index in [0.29, 0.717) is 12.1 Å². The normalized spacial score (nSPS) is 24.2. The van der Waals surface area contributed by atoms with Gasteiger partial charge in [0.05, 0.1) is 6.04 Å². The first kappa shape index (κ1) is 11.2. The molecule has 1 aliphatic rings. The number of carbonyl (C=O) groups is 1.